The molecule has 0 aromatic carbocycles. The first-order chi connectivity index (χ1) is 9.90. The molecule has 0 radical (unpaired) electrons. The predicted molar refractivity (Wildman–Crippen MR) is 79.0 cm³/mol. The van der Waals surface area contributed by atoms with Crippen LogP contribution in [0.2, 0.25) is 0 Å². The highest BCUT2D eigenvalue weighted by Gasteiger charge is 2.24. The van der Waals surface area contributed by atoms with Crippen LogP contribution in [0.5, 0.6) is 0 Å². The highest BCUT2D eigenvalue weighted by atomic mass is 16.5. The van der Waals surface area contributed by atoms with Crippen LogP contribution in [0.25, 0.3) is 0 Å². The number of hydrogen-bond donors (Lipinski definition) is 3. The molecule has 21 heavy (non-hydrogen) atoms. The minimum absolute atomic E-state index is 0.0876. The van der Waals surface area contributed by atoms with Gasteiger partial charge in [-0.3, -0.25) is 0 Å². The summed E-state index contributed by atoms with van der Waals surface area (Å²) < 4.78 is 5.10. The van der Waals surface area contributed by atoms with E-state index < -0.39 is 5.54 Å². The Morgan fingerprint density at radius 1 is 1.48 bits per heavy atom. The second-order valence-corrected chi connectivity index (χ2v) is 5.80. The lowest BCUT2D eigenvalue weighted by Gasteiger charge is -2.28. The summed E-state index contributed by atoms with van der Waals surface area (Å²) >= 11 is 0. The van der Waals surface area contributed by atoms with Crippen molar-refractivity contribution in [3.05, 3.63) is 11.7 Å². The summed E-state index contributed by atoms with van der Waals surface area (Å²) in [4.78, 5) is 16.0. The summed E-state index contributed by atoms with van der Waals surface area (Å²) in [6, 6.07) is -0.302. The van der Waals surface area contributed by atoms with Crippen molar-refractivity contribution >= 4 is 6.03 Å². The molecule has 7 heteroatoms. The molecule has 0 saturated carbocycles. The van der Waals surface area contributed by atoms with Crippen molar-refractivity contribution in [2.45, 2.75) is 58.4 Å². The summed E-state index contributed by atoms with van der Waals surface area (Å²) in [6.07, 6.45) is 2.09. The van der Waals surface area contributed by atoms with Gasteiger partial charge in [0.2, 0.25) is 5.89 Å². The van der Waals surface area contributed by atoms with E-state index in [2.05, 4.69) is 20.8 Å². The third kappa shape index (κ3) is 5.71. The van der Waals surface area contributed by atoms with E-state index in [1.165, 1.54) is 0 Å². The van der Waals surface area contributed by atoms with Crippen LogP contribution in [0.4, 0.5) is 4.79 Å². The molecule has 1 aromatic heterocycles. The number of aromatic nitrogens is 2. The molecule has 0 aliphatic carbocycles. The Hall–Kier alpha value is -1.63. The molecule has 1 heterocycles. The average molecular weight is 298 g/mol. The van der Waals surface area contributed by atoms with Crippen LogP contribution in [-0.2, 0) is 6.42 Å². The second kappa shape index (κ2) is 7.97. The van der Waals surface area contributed by atoms with Crippen molar-refractivity contribution in [1.82, 2.24) is 20.8 Å². The largest absolute Gasteiger partial charge is 0.394 e. The van der Waals surface area contributed by atoms with Gasteiger partial charge in [0, 0.05) is 18.9 Å². The second-order valence-electron chi connectivity index (χ2n) is 5.80. The summed E-state index contributed by atoms with van der Waals surface area (Å²) in [7, 11) is 0. The number of carbonyl (C=O) groups is 1. The van der Waals surface area contributed by atoms with Crippen molar-refractivity contribution in [2.24, 2.45) is 0 Å². The van der Waals surface area contributed by atoms with Gasteiger partial charge in [0.25, 0.3) is 0 Å². The van der Waals surface area contributed by atoms with E-state index in [-0.39, 0.29) is 18.6 Å². The standard InChI is InChI=1S/C14H26N4O3/c1-5-7-14(4,9-19)17-13(20)15-8-6-11-16-12(10(2)3)18-21-11/h10,19H,5-9H2,1-4H3,(H2,15,17,20). The molecular weight excluding hydrogens is 272 g/mol. The van der Waals surface area contributed by atoms with E-state index in [0.717, 1.165) is 12.8 Å². The Morgan fingerprint density at radius 3 is 2.71 bits per heavy atom. The maximum Gasteiger partial charge on any atom is 0.315 e. The van der Waals surface area contributed by atoms with Crippen molar-refractivity contribution in [1.29, 1.82) is 0 Å². The molecule has 0 bridgehead atoms. The number of amides is 2. The first-order valence-corrected chi connectivity index (χ1v) is 7.39. The molecule has 0 aliphatic heterocycles. The fraction of sp³-hybridized carbons (Fsp3) is 0.786. The highest BCUT2D eigenvalue weighted by molar-refractivity contribution is 5.74. The Morgan fingerprint density at radius 2 is 2.19 bits per heavy atom. The molecule has 1 unspecified atom stereocenters. The Bertz CT molecular complexity index is 447. The number of aliphatic hydroxyl groups excluding tert-OH is 1. The van der Waals surface area contributed by atoms with E-state index in [9.17, 15) is 9.90 Å². The van der Waals surface area contributed by atoms with E-state index >= 15 is 0 Å². The lowest BCUT2D eigenvalue weighted by molar-refractivity contribution is 0.163. The van der Waals surface area contributed by atoms with Gasteiger partial charge in [0.15, 0.2) is 5.82 Å². The van der Waals surface area contributed by atoms with Gasteiger partial charge in [0.05, 0.1) is 12.1 Å². The molecule has 0 aliphatic rings. The molecule has 3 N–H and O–H groups in total. The quantitative estimate of drug-likeness (QED) is 0.676. The van der Waals surface area contributed by atoms with E-state index in [1.807, 2.05) is 27.7 Å². The van der Waals surface area contributed by atoms with Gasteiger partial charge < -0.3 is 20.3 Å². The molecule has 0 saturated heterocycles. The van der Waals surface area contributed by atoms with Crippen molar-refractivity contribution in [2.75, 3.05) is 13.2 Å². The monoisotopic (exact) mass is 298 g/mol. The van der Waals surface area contributed by atoms with Gasteiger partial charge in [-0.1, -0.05) is 32.3 Å². The first kappa shape index (κ1) is 17.4. The lowest BCUT2D eigenvalue weighted by Crippen LogP contribution is -2.52. The maximum absolute atomic E-state index is 11.8. The smallest absolute Gasteiger partial charge is 0.315 e. The summed E-state index contributed by atoms with van der Waals surface area (Å²) in [6.45, 7) is 8.13. The number of urea groups is 1. The van der Waals surface area contributed by atoms with Crippen LogP contribution >= 0.6 is 0 Å². The Balaban J connectivity index is 2.35. The molecular formula is C14H26N4O3. The van der Waals surface area contributed by atoms with Gasteiger partial charge in [-0.15, -0.1) is 0 Å². The minimum Gasteiger partial charge on any atom is -0.394 e. The van der Waals surface area contributed by atoms with Gasteiger partial charge >= 0.3 is 6.03 Å². The molecule has 0 fully saturated rings. The Labute approximate surface area is 125 Å². The first-order valence-electron chi connectivity index (χ1n) is 7.39. The number of rotatable bonds is 8. The van der Waals surface area contributed by atoms with Crippen LogP contribution in [0.3, 0.4) is 0 Å². The molecule has 2 amide bonds. The van der Waals surface area contributed by atoms with Crippen molar-refractivity contribution in [3.63, 3.8) is 0 Å². The SMILES string of the molecule is CCCC(C)(CO)NC(=O)NCCc1nc(C(C)C)no1. The van der Waals surface area contributed by atoms with Crippen LogP contribution in [-0.4, -0.2) is 40.0 Å². The zero-order chi connectivity index (χ0) is 15.9. The number of carbonyl (C=O) groups excluding carboxylic acids is 1. The van der Waals surface area contributed by atoms with Crippen molar-refractivity contribution < 1.29 is 14.4 Å². The number of nitrogens with zero attached hydrogens (tertiary/aromatic N) is 2. The predicted octanol–water partition coefficient (Wildman–Crippen LogP) is 1.59. The van der Waals surface area contributed by atoms with Gasteiger partial charge in [-0.2, -0.15) is 4.98 Å². The maximum atomic E-state index is 11.8. The van der Waals surface area contributed by atoms with Crippen LogP contribution in [0.15, 0.2) is 4.52 Å². The normalized spacial score (nSPS) is 14.0. The van der Waals surface area contributed by atoms with Gasteiger partial charge in [0.1, 0.15) is 0 Å². The third-order valence-electron chi connectivity index (χ3n) is 3.19. The minimum atomic E-state index is -0.589. The fourth-order valence-corrected chi connectivity index (χ4v) is 1.94. The number of nitrogens with one attached hydrogen (secondary N) is 2. The van der Waals surface area contributed by atoms with E-state index in [4.69, 9.17) is 4.52 Å². The average Bonchev–Trinajstić information content (AvgIpc) is 2.88. The van der Waals surface area contributed by atoms with E-state index in [1.54, 1.807) is 0 Å². The lowest BCUT2D eigenvalue weighted by atomic mass is 9.98. The zero-order valence-electron chi connectivity index (χ0n) is 13.3. The van der Waals surface area contributed by atoms with Crippen LogP contribution in [0, 0.1) is 0 Å². The topological polar surface area (TPSA) is 100 Å². The molecule has 1 aromatic rings. The van der Waals surface area contributed by atoms with Crippen LogP contribution < -0.4 is 10.6 Å². The number of aliphatic hydroxyl groups is 1. The molecule has 1 atom stereocenters. The molecule has 0 spiro atoms. The van der Waals surface area contributed by atoms with E-state index in [0.29, 0.717) is 24.7 Å². The summed E-state index contributed by atoms with van der Waals surface area (Å²) in [5.74, 6) is 1.40. The highest BCUT2D eigenvalue weighted by Crippen LogP contribution is 2.11. The van der Waals surface area contributed by atoms with Gasteiger partial charge in [-0.05, 0) is 13.3 Å². The van der Waals surface area contributed by atoms with Gasteiger partial charge in [-0.25, -0.2) is 4.79 Å². The Kier molecular flexibility index (Phi) is 6.61. The van der Waals surface area contributed by atoms with Crippen molar-refractivity contribution in [3.8, 4) is 0 Å². The third-order valence-corrected chi connectivity index (χ3v) is 3.19. The van der Waals surface area contributed by atoms with Crippen LogP contribution in [0.1, 0.15) is 58.2 Å². The summed E-state index contributed by atoms with van der Waals surface area (Å²) in [5.41, 5.74) is -0.589. The summed E-state index contributed by atoms with van der Waals surface area (Å²) in [5, 5.41) is 18.7. The molecule has 120 valence electrons. The zero-order valence-corrected chi connectivity index (χ0v) is 13.3. The molecule has 7 nitrogen and oxygen atoms in total. The number of hydrogen-bond acceptors (Lipinski definition) is 5. The fourth-order valence-electron chi connectivity index (χ4n) is 1.94. The molecule has 1 rings (SSSR count).